The monoisotopic (exact) mass is 808 g/mol. The molecule has 58 heavy (non-hydrogen) atoms. The molecular formula is C36H48N12O10. The number of benzene rings is 2. The van der Waals surface area contributed by atoms with Crippen molar-refractivity contribution in [2.45, 2.75) is 24.7 Å². The number of ether oxygens (including phenoxy) is 10. The first-order valence-electron chi connectivity index (χ1n) is 19.5. The van der Waals surface area contributed by atoms with Crippen LogP contribution in [0.15, 0.2) is 24.3 Å². The minimum absolute atomic E-state index is 0.323. The van der Waals surface area contributed by atoms with Gasteiger partial charge in [-0.3, -0.25) is 10.6 Å². The van der Waals surface area contributed by atoms with Gasteiger partial charge in [0.05, 0.1) is 79.3 Å². The highest BCUT2D eigenvalue weighted by Gasteiger charge is 2.36. The molecule has 4 atom stereocenters. The molecule has 0 radical (unpaired) electrons. The third-order valence-corrected chi connectivity index (χ3v) is 9.72. The predicted molar refractivity (Wildman–Crippen MR) is 204 cm³/mol. The van der Waals surface area contributed by atoms with Gasteiger partial charge in [-0.1, -0.05) is 0 Å². The second kappa shape index (κ2) is 18.6. The summed E-state index contributed by atoms with van der Waals surface area (Å²) in [4.78, 5) is 9.52. The van der Waals surface area contributed by atoms with Crippen LogP contribution < -0.4 is 50.8 Å². The summed E-state index contributed by atoms with van der Waals surface area (Å²) < 4.78 is 58.7. The first-order chi connectivity index (χ1) is 28.7. The van der Waals surface area contributed by atoms with Crippen LogP contribution in [0.3, 0.4) is 0 Å². The number of aromatic nitrogens is 6. The molecule has 8 bridgehead atoms. The zero-order valence-electron chi connectivity index (χ0n) is 31.8. The van der Waals surface area contributed by atoms with E-state index in [9.17, 15) is 0 Å². The van der Waals surface area contributed by atoms with Gasteiger partial charge in [0.1, 0.15) is 51.1 Å². The number of rotatable bonds is 0. The van der Waals surface area contributed by atoms with Crippen LogP contribution in [-0.4, -0.2) is 136 Å². The van der Waals surface area contributed by atoms with E-state index in [2.05, 4.69) is 52.3 Å². The molecule has 0 aliphatic carbocycles. The lowest BCUT2D eigenvalue weighted by atomic mass is 10.1. The van der Waals surface area contributed by atoms with Crippen LogP contribution in [0.25, 0.3) is 0 Å². The highest BCUT2D eigenvalue weighted by molar-refractivity contribution is 5.57. The molecule has 312 valence electrons. The zero-order chi connectivity index (χ0) is 38.9. The highest BCUT2D eigenvalue weighted by Crippen LogP contribution is 2.43. The van der Waals surface area contributed by atoms with Crippen molar-refractivity contribution >= 4 is 23.8 Å². The molecule has 2 aromatic carbocycles. The smallest absolute Gasteiger partial charge is 0.245 e. The van der Waals surface area contributed by atoms with E-state index in [1.807, 2.05) is 24.3 Å². The number of nitrogens with one attached hydrogen (secondary N) is 8. The van der Waals surface area contributed by atoms with Gasteiger partial charge >= 0.3 is 0 Å². The maximum absolute atomic E-state index is 6.21. The van der Waals surface area contributed by atoms with Crippen molar-refractivity contribution in [3.63, 3.8) is 0 Å². The van der Waals surface area contributed by atoms with Gasteiger partial charge in [0, 0.05) is 0 Å². The van der Waals surface area contributed by atoms with Crippen molar-refractivity contribution in [2.75, 3.05) is 127 Å². The summed E-state index contributed by atoms with van der Waals surface area (Å²) in [6, 6.07) is 7.81. The fourth-order valence-electron chi connectivity index (χ4n) is 7.04. The molecule has 2 aromatic heterocycles. The van der Waals surface area contributed by atoms with Crippen molar-refractivity contribution in [1.82, 2.24) is 41.0 Å². The maximum atomic E-state index is 6.21. The molecular weight excluding hydrogens is 760 g/mol. The lowest BCUT2D eigenvalue weighted by molar-refractivity contribution is 0.00708. The molecule has 22 nitrogen and oxygen atoms in total. The van der Waals surface area contributed by atoms with E-state index in [4.69, 9.17) is 57.3 Å². The van der Waals surface area contributed by atoms with Gasteiger partial charge in [0.15, 0.2) is 23.0 Å². The van der Waals surface area contributed by atoms with Gasteiger partial charge in [0.25, 0.3) is 0 Å². The number of aromatic amines is 2. The number of nitrogens with zero attached hydrogens (tertiary/aromatic N) is 4. The Balaban J connectivity index is 1.00. The Labute approximate surface area is 333 Å². The molecule has 9 rings (SSSR count). The van der Waals surface area contributed by atoms with E-state index in [0.29, 0.717) is 153 Å². The van der Waals surface area contributed by atoms with Crippen LogP contribution in [-0.2, 0) is 28.4 Å². The fourth-order valence-corrected chi connectivity index (χ4v) is 7.04. The third kappa shape index (κ3) is 9.23. The summed E-state index contributed by atoms with van der Waals surface area (Å²) in [5.41, 5.74) is 3.57. The molecule has 4 aromatic rings. The number of fused-ring (bicyclic) bond motifs is 16. The first-order valence-corrected chi connectivity index (χ1v) is 19.5. The number of hydrogen-bond acceptors (Lipinski definition) is 20. The largest absolute Gasteiger partial charge is 0.487 e. The van der Waals surface area contributed by atoms with Crippen molar-refractivity contribution in [3.05, 3.63) is 46.5 Å². The van der Waals surface area contributed by atoms with E-state index < -0.39 is 24.7 Å². The second-order valence-electron chi connectivity index (χ2n) is 13.6. The molecule has 0 fully saturated rings. The zero-order valence-corrected chi connectivity index (χ0v) is 31.8. The molecule has 7 heterocycles. The average Bonchev–Trinajstić information content (AvgIpc) is 4.01. The summed E-state index contributed by atoms with van der Waals surface area (Å²) in [6.45, 7) is 6.64. The van der Waals surface area contributed by atoms with Crippen LogP contribution in [0.1, 0.15) is 46.9 Å². The van der Waals surface area contributed by atoms with Crippen molar-refractivity contribution in [1.29, 1.82) is 0 Å². The summed E-state index contributed by atoms with van der Waals surface area (Å²) in [7, 11) is 0. The van der Waals surface area contributed by atoms with Crippen molar-refractivity contribution in [3.8, 4) is 23.0 Å². The topological polar surface area (TPSA) is 248 Å². The van der Waals surface area contributed by atoms with E-state index in [-0.39, 0.29) is 0 Å². The number of H-pyrrole nitrogens is 2. The minimum atomic E-state index is -0.444. The molecule has 0 saturated heterocycles. The number of hydrogen-bond donors (Lipinski definition) is 8. The van der Waals surface area contributed by atoms with Crippen molar-refractivity contribution < 1.29 is 47.4 Å². The predicted octanol–water partition coefficient (Wildman–Crippen LogP) is 1.53. The van der Waals surface area contributed by atoms with Crippen LogP contribution in [0, 0.1) is 0 Å². The quantitative estimate of drug-likeness (QED) is 0.125. The average molecular weight is 809 g/mol. The van der Waals surface area contributed by atoms with E-state index in [1.165, 1.54) is 0 Å². The molecule has 5 aliphatic rings. The Bertz CT molecular complexity index is 1700. The maximum Gasteiger partial charge on any atom is 0.245 e. The normalized spacial score (nSPS) is 24.7. The summed E-state index contributed by atoms with van der Waals surface area (Å²) >= 11 is 0. The van der Waals surface area contributed by atoms with Crippen LogP contribution in [0.4, 0.5) is 23.8 Å². The minimum Gasteiger partial charge on any atom is -0.487 e. The molecule has 5 aliphatic heterocycles. The summed E-state index contributed by atoms with van der Waals surface area (Å²) in [6.07, 6.45) is -1.76. The Morgan fingerprint density at radius 2 is 0.638 bits per heavy atom. The molecule has 0 spiro atoms. The van der Waals surface area contributed by atoms with E-state index >= 15 is 0 Å². The van der Waals surface area contributed by atoms with Crippen LogP contribution in [0.5, 0.6) is 23.0 Å². The van der Waals surface area contributed by atoms with E-state index in [0.717, 1.165) is 22.3 Å². The SMILES string of the molecule is c1c2c(cc3c1C1Nc4n[nH]c(n4)NC4NC(Nc5n[nH]c(n5)NC3N1)c1cc3c(cc14)OCCOCCOCCOCCO3)OCCOCCOCCOCCO2. The van der Waals surface area contributed by atoms with Gasteiger partial charge in [-0.15, -0.1) is 10.2 Å². The second-order valence-corrected chi connectivity index (χ2v) is 13.6. The lowest BCUT2D eigenvalue weighted by Crippen LogP contribution is -2.29. The van der Waals surface area contributed by atoms with Crippen LogP contribution in [0.2, 0.25) is 0 Å². The van der Waals surface area contributed by atoms with E-state index in [1.54, 1.807) is 0 Å². The first kappa shape index (κ1) is 38.3. The summed E-state index contributed by atoms with van der Waals surface area (Å²) in [5.74, 6) is 3.84. The molecule has 0 amide bonds. The third-order valence-electron chi connectivity index (χ3n) is 9.72. The molecule has 4 unspecified atom stereocenters. The Morgan fingerprint density at radius 3 is 0.948 bits per heavy atom. The van der Waals surface area contributed by atoms with Gasteiger partial charge in [-0.05, 0) is 46.5 Å². The molecule has 0 saturated carbocycles. The van der Waals surface area contributed by atoms with Gasteiger partial charge in [-0.25, -0.2) is 10.2 Å². The van der Waals surface area contributed by atoms with Crippen molar-refractivity contribution in [2.24, 2.45) is 0 Å². The Kier molecular flexibility index (Phi) is 12.3. The standard InChI is InChI=1S/C36H48N12O10/c1-5-51-9-13-55-25-17-21-22(18-26(25)56-14-10-52-6-2-49-1)30-37-29(21)39-33-43-35(47-45-33)41-31-23-19-27-28(58-16-12-54-8-4-50-3-7-53-11-15-57-27)20-24(23)32(38-31)42-36-44-34(40-30)46-48-36/h17-20,29-32,37-38H,1-16H2,(H3,39,41,43,45,47)(H3,40,42,44,46,48). The fraction of sp³-hybridized carbons (Fsp3) is 0.556. The molecule has 8 N–H and O–H groups in total. The number of anilines is 4. The lowest BCUT2D eigenvalue weighted by Gasteiger charge is -2.17. The Hall–Kier alpha value is -5.20. The Morgan fingerprint density at radius 1 is 0.362 bits per heavy atom. The highest BCUT2D eigenvalue weighted by atomic mass is 16.6. The van der Waals surface area contributed by atoms with Crippen LogP contribution >= 0.6 is 0 Å². The summed E-state index contributed by atoms with van der Waals surface area (Å²) in [5, 5.41) is 36.0. The van der Waals surface area contributed by atoms with Gasteiger partial charge in [-0.2, -0.15) is 9.97 Å². The van der Waals surface area contributed by atoms with Gasteiger partial charge in [0.2, 0.25) is 23.8 Å². The molecule has 22 heteroatoms. The van der Waals surface area contributed by atoms with Gasteiger partial charge < -0.3 is 68.6 Å².